The van der Waals surface area contributed by atoms with Crippen molar-refractivity contribution in [1.82, 2.24) is 8.61 Å². The van der Waals surface area contributed by atoms with Crippen LogP contribution in [0.2, 0.25) is 0 Å². The van der Waals surface area contributed by atoms with Gasteiger partial charge in [-0.2, -0.15) is 17.0 Å². The monoisotopic (exact) mass is 266 g/mol. The van der Waals surface area contributed by atoms with Crippen LogP contribution in [-0.2, 0) is 15.0 Å². The predicted molar refractivity (Wildman–Crippen MR) is 65.9 cm³/mol. The second-order valence-electron chi connectivity index (χ2n) is 3.78. The third kappa shape index (κ3) is 4.25. The van der Waals surface area contributed by atoms with Crippen molar-refractivity contribution in [2.75, 3.05) is 26.2 Å². The smallest absolute Gasteiger partial charge is 0.307 e. The predicted octanol–water partition coefficient (Wildman–Crippen LogP) is 0.616. The van der Waals surface area contributed by atoms with Gasteiger partial charge in [0.25, 0.3) is 10.2 Å². The van der Waals surface area contributed by atoms with Crippen molar-refractivity contribution >= 4 is 16.2 Å². The molecule has 1 unspecified atom stereocenters. The Labute approximate surface area is 103 Å². The average molecular weight is 266 g/mol. The Balaban J connectivity index is 4.92. The largest absolute Gasteiger partial charge is 0.481 e. The lowest BCUT2D eigenvalue weighted by Gasteiger charge is -2.28. The molecular weight excluding hydrogens is 244 g/mol. The van der Waals surface area contributed by atoms with E-state index in [1.807, 2.05) is 0 Å². The molecular formula is C10H22N2O4S. The van der Waals surface area contributed by atoms with Crippen LogP contribution in [-0.4, -0.2) is 54.3 Å². The van der Waals surface area contributed by atoms with Crippen molar-refractivity contribution in [1.29, 1.82) is 0 Å². The molecule has 0 aliphatic heterocycles. The van der Waals surface area contributed by atoms with E-state index < -0.39 is 22.1 Å². The highest BCUT2D eigenvalue weighted by Gasteiger charge is 2.29. The lowest BCUT2D eigenvalue weighted by atomic mass is 10.2. The van der Waals surface area contributed by atoms with Crippen LogP contribution in [0.15, 0.2) is 0 Å². The zero-order chi connectivity index (χ0) is 13.6. The lowest BCUT2D eigenvalue weighted by Crippen LogP contribution is -2.46. The zero-order valence-corrected chi connectivity index (χ0v) is 11.7. The molecule has 0 aliphatic rings. The van der Waals surface area contributed by atoms with Gasteiger partial charge in [-0.1, -0.05) is 27.7 Å². The number of carboxylic acid groups (broad SMARTS) is 1. The number of carboxylic acids is 1. The second kappa shape index (κ2) is 6.93. The first-order chi connectivity index (χ1) is 7.81. The van der Waals surface area contributed by atoms with Gasteiger partial charge in [0.15, 0.2) is 0 Å². The quantitative estimate of drug-likeness (QED) is 0.698. The summed E-state index contributed by atoms with van der Waals surface area (Å²) in [6.45, 7) is 7.78. The van der Waals surface area contributed by atoms with Crippen LogP contribution in [0.3, 0.4) is 0 Å². The maximum atomic E-state index is 12.1. The topological polar surface area (TPSA) is 77.9 Å². The summed E-state index contributed by atoms with van der Waals surface area (Å²) in [7, 11) is -3.54. The van der Waals surface area contributed by atoms with Gasteiger partial charge < -0.3 is 5.11 Å². The van der Waals surface area contributed by atoms with Crippen LogP contribution >= 0.6 is 0 Å². The van der Waals surface area contributed by atoms with Crippen molar-refractivity contribution in [3.63, 3.8) is 0 Å². The van der Waals surface area contributed by atoms with Gasteiger partial charge >= 0.3 is 5.97 Å². The number of aliphatic carboxylic acids is 1. The molecule has 0 spiro atoms. The fourth-order valence-electron chi connectivity index (χ4n) is 1.48. The third-order valence-electron chi connectivity index (χ3n) is 2.61. The van der Waals surface area contributed by atoms with Crippen molar-refractivity contribution < 1.29 is 18.3 Å². The molecule has 0 saturated carbocycles. The Morgan fingerprint density at radius 2 is 1.53 bits per heavy atom. The molecule has 6 nitrogen and oxygen atoms in total. The fourth-order valence-corrected chi connectivity index (χ4v) is 3.20. The summed E-state index contributed by atoms with van der Waals surface area (Å²) in [4.78, 5) is 10.8. The van der Waals surface area contributed by atoms with Crippen LogP contribution in [0, 0.1) is 5.92 Å². The lowest BCUT2D eigenvalue weighted by molar-refractivity contribution is -0.141. The Bertz CT molecular complexity index is 338. The molecule has 0 radical (unpaired) electrons. The molecule has 0 aromatic rings. The van der Waals surface area contributed by atoms with E-state index in [9.17, 15) is 13.2 Å². The van der Waals surface area contributed by atoms with Crippen LogP contribution < -0.4 is 0 Å². The van der Waals surface area contributed by atoms with Gasteiger partial charge in [0, 0.05) is 26.2 Å². The Hall–Kier alpha value is -0.660. The molecule has 0 rings (SSSR count). The maximum absolute atomic E-state index is 12.1. The van der Waals surface area contributed by atoms with Gasteiger partial charge in [-0.05, 0) is 0 Å². The van der Waals surface area contributed by atoms with Gasteiger partial charge in [0.1, 0.15) is 0 Å². The number of hydrogen-bond donors (Lipinski definition) is 1. The molecule has 7 heteroatoms. The summed E-state index contributed by atoms with van der Waals surface area (Å²) < 4.78 is 26.8. The third-order valence-corrected chi connectivity index (χ3v) is 4.84. The minimum absolute atomic E-state index is 0.00463. The van der Waals surface area contributed by atoms with Gasteiger partial charge in [-0.3, -0.25) is 4.79 Å². The standard InChI is InChI=1S/C10H22N2O4S/c1-5-11(6-2)17(15,16)12(7-3)8-9(4)10(13)14/h9H,5-8H2,1-4H3,(H,13,14). The normalized spacial score (nSPS) is 14.2. The summed E-state index contributed by atoms with van der Waals surface area (Å²) in [5.74, 6) is -1.70. The Morgan fingerprint density at radius 3 is 1.82 bits per heavy atom. The number of carbonyl (C=O) groups is 1. The molecule has 0 aromatic carbocycles. The van der Waals surface area contributed by atoms with E-state index in [1.165, 1.54) is 15.5 Å². The molecule has 0 aliphatic carbocycles. The minimum atomic E-state index is -3.54. The molecule has 17 heavy (non-hydrogen) atoms. The Kier molecular flexibility index (Phi) is 6.66. The zero-order valence-electron chi connectivity index (χ0n) is 10.9. The Morgan fingerprint density at radius 1 is 1.12 bits per heavy atom. The van der Waals surface area contributed by atoms with Gasteiger partial charge in [-0.15, -0.1) is 0 Å². The molecule has 0 aromatic heterocycles. The van der Waals surface area contributed by atoms with Crippen LogP contribution in [0.4, 0.5) is 0 Å². The van der Waals surface area contributed by atoms with Crippen molar-refractivity contribution in [3.8, 4) is 0 Å². The van der Waals surface area contributed by atoms with Crippen molar-refractivity contribution in [2.24, 2.45) is 5.92 Å². The van der Waals surface area contributed by atoms with E-state index in [2.05, 4.69) is 0 Å². The van der Waals surface area contributed by atoms with Crippen LogP contribution in [0.25, 0.3) is 0 Å². The van der Waals surface area contributed by atoms with Gasteiger partial charge in [-0.25, -0.2) is 0 Å². The van der Waals surface area contributed by atoms with Crippen LogP contribution in [0.5, 0.6) is 0 Å². The molecule has 0 heterocycles. The molecule has 102 valence electrons. The number of hydrogen-bond acceptors (Lipinski definition) is 3. The molecule has 0 amide bonds. The molecule has 0 saturated heterocycles. The maximum Gasteiger partial charge on any atom is 0.307 e. The average Bonchev–Trinajstić information content (AvgIpc) is 2.26. The minimum Gasteiger partial charge on any atom is -0.481 e. The van der Waals surface area contributed by atoms with Crippen molar-refractivity contribution in [3.05, 3.63) is 0 Å². The first-order valence-corrected chi connectivity index (χ1v) is 7.18. The summed E-state index contributed by atoms with van der Waals surface area (Å²) >= 11 is 0. The second-order valence-corrected chi connectivity index (χ2v) is 5.71. The van der Waals surface area contributed by atoms with Gasteiger partial charge in [0.05, 0.1) is 5.92 Å². The summed E-state index contributed by atoms with van der Waals surface area (Å²) in [5, 5.41) is 8.81. The molecule has 0 fully saturated rings. The van der Waals surface area contributed by atoms with E-state index in [-0.39, 0.29) is 13.1 Å². The summed E-state index contributed by atoms with van der Waals surface area (Å²) in [6, 6.07) is 0. The molecule has 0 bridgehead atoms. The van der Waals surface area contributed by atoms with Crippen molar-refractivity contribution in [2.45, 2.75) is 27.7 Å². The van der Waals surface area contributed by atoms with Gasteiger partial charge in [0.2, 0.25) is 0 Å². The molecule has 1 N–H and O–H groups in total. The van der Waals surface area contributed by atoms with E-state index in [4.69, 9.17) is 5.11 Å². The van der Waals surface area contributed by atoms with Crippen LogP contribution in [0.1, 0.15) is 27.7 Å². The van der Waals surface area contributed by atoms with E-state index in [0.717, 1.165) is 0 Å². The first-order valence-electron chi connectivity index (χ1n) is 5.79. The SMILES string of the molecule is CCN(CC)S(=O)(=O)N(CC)CC(C)C(=O)O. The van der Waals surface area contributed by atoms with E-state index in [0.29, 0.717) is 13.1 Å². The highest BCUT2D eigenvalue weighted by atomic mass is 32.2. The fraction of sp³-hybridized carbons (Fsp3) is 0.900. The molecule has 1 atom stereocenters. The van der Waals surface area contributed by atoms with E-state index >= 15 is 0 Å². The number of nitrogens with zero attached hydrogens (tertiary/aromatic N) is 2. The highest BCUT2D eigenvalue weighted by molar-refractivity contribution is 7.86. The number of rotatable bonds is 8. The summed E-state index contributed by atoms with van der Waals surface area (Å²) in [6.07, 6.45) is 0. The first kappa shape index (κ1) is 16.3. The van der Waals surface area contributed by atoms with E-state index in [1.54, 1.807) is 20.8 Å². The summed E-state index contributed by atoms with van der Waals surface area (Å²) in [5.41, 5.74) is 0. The highest BCUT2D eigenvalue weighted by Crippen LogP contribution is 2.11.